The number of nitrogens with one attached hydrogen (secondary N) is 1. The molecule has 4 rings (SSSR count). The smallest absolute Gasteiger partial charge is 0.267 e. The number of hydrogen-bond acceptors (Lipinski definition) is 6. The molecule has 176 valence electrons. The number of carbonyl (C=O) groups excluding carboxylic acids is 2. The molecule has 1 atom stereocenters. The first-order valence-corrected chi connectivity index (χ1v) is 10.8. The molecule has 1 heterocycles. The Balaban J connectivity index is 1.49. The molecule has 3 aromatic carbocycles. The molecule has 1 unspecified atom stereocenters. The molecule has 0 radical (unpaired) electrons. The summed E-state index contributed by atoms with van der Waals surface area (Å²) in [7, 11) is 3.05. The van der Waals surface area contributed by atoms with E-state index < -0.39 is 6.10 Å². The van der Waals surface area contributed by atoms with Crippen molar-refractivity contribution < 1.29 is 28.5 Å². The summed E-state index contributed by atoms with van der Waals surface area (Å²) >= 11 is 0. The zero-order chi connectivity index (χ0) is 24.1. The number of fused-ring (bicyclic) bond motifs is 1. The maximum atomic E-state index is 12.8. The topological polar surface area (TPSA) is 86.3 Å². The molecular weight excluding hydrogens is 436 g/mol. The van der Waals surface area contributed by atoms with E-state index in [0.29, 0.717) is 47.3 Å². The molecule has 2 amide bonds. The summed E-state index contributed by atoms with van der Waals surface area (Å²) in [5, 5.41) is 2.86. The van der Waals surface area contributed by atoms with Gasteiger partial charge in [0.25, 0.3) is 11.8 Å². The van der Waals surface area contributed by atoms with Crippen LogP contribution in [0.15, 0.2) is 66.7 Å². The number of nitrogens with zero attached hydrogens (tertiary/aromatic N) is 1. The predicted octanol–water partition coefficient (Wildman–Crippen LogP) is 4.15. The largest absolute Gasteiger partial charge is 0.497 e. The van der Waals surface area contributed by atoms with Crippen molar-refractivity contribution in [2.75, 3.05) is 37.6 Å². The van der Waals surface area contributed by atoms with Crippen LogP contribution < -0.4 is 29.2 Å². The lowest BCUT2D eigenvalue weighted by atomic mass is 10.1. The summed E-state index contributed by atoms with van der Waals surface area (Å²) in [5.74, 6) is 1.80. The van der Waals surface area contributed by atoms with Crippen molar-refractivity contribution in [2.45, 2.75) is 13.0 Å². The van der Waals surface area contributed by atoms with E-state index in [2.05, 4.69) is 5.32 Å². The zero-order valence-electron chi connectivity index (χ0n) is 19.2. The van der Waals surface area contributed by atoms with Crippen LogP contribution in [0.5, 0.6) is 23.0 Å². The minimum atomic E-state index is -0.655. The van der Waals surface area contributed by atoms with Gasteiger partial charge in [-0.3, -0.25) is 9.59 Å². The van der Waals surface area contributed by atoms with Crippen molar-refractivity contribution in [3.8, 4) is 23.0 Å². The van der Waals surface area contributed by atoms with E-state index in [1.54, 1.807) is 48.2 Å². The summed E-state index contributed by atoms with van der Waals surface area (Å²) < 4.78 is 22.1. The normalized spacial score (nSPS) is 14.6. The highest BCUT2D eigenvalue weighted by atomic mass is 16.5. The van der Waals surface area contributed by atoms with Crippen molar-refractivity contribution in [3.05, 3.63) is 72.3 Å². The van der Waals surface area contributed by atoms with Gasteiger partial charge in [0.15, 0.2) is 6.10 Å². The molecule has 0 saturated carbocycles. The van der Waals surface area contributed by atoms with Gasteiger partial charge in [-0.05, 0) is 43.3 Å². The molecule has 8 heteroatoms. The van der Waals surface area contributed by atoms with Crippen LogP contribution >= 0.6 is 0 Å². The Hall–Kier alpha value is -4.20. The zero-order valence-corrected chi connectivity index (χ0v) is 19.2. The summed E-state index contributed by atoms with van der Waals surface area (Å²) in [6.07, 6.45) is -0.655. The summed E-state index contributed by atoms with van der Waals surface area (Å²) in [6, 6.07) is 19.6. The molecule has 34 heavy (non-hydrogen) atoms. The molecule has 0 spiro atoms. The van der Waals surface area contributed by atoms with Gasteiger partial charge in [-0.15, -0.1) is 0 Å². The predicted molar refractivity (Wildman–Crippen MR) is 128 cm³/mol. The molecule has 3 aromatic rings. The summed E-state index contributed by atoms with van der Waals surface area (Å²) in [4.78, 5) is 27.2. The molecule has 0 fully saturated rings. The molecule has 0 saturated heterocycles. The lowest BCUT2D eigenvalue weighted by Gasteiger charge is -2.33. The molecule has 0 aromatic heterocycles. The fourth-order valence-corrected chi connectivity index (χ4v) is 3.63. The van der Waals surface area contributed by atoms with Gasteiger partial charge in [0.05, 0.1) is 26.5 Å². The van der Waals surface area contributed by atoms with Crippen LogP contribution in [-0.2, 0) is 4.79 Å². The van der Waals surface area contributed by atoms with Gasteiger partial charge in [-0.2, -0.15) is 0 Å². The molecule has 8 nitrogen and oxygen atoms in total. The van der Waals surface area contributed by atoms with Crippen molar-refractivity contribution >= 4 is 23.2 Å². The van der Waals surface area contributed by atoms with E-state index in [0.717, 1.165) is 5.75 Å². The Labute approximate surface area is 198 Å². The number of rotatable bonds is 8. The Morgan fingerprint density at radius 3 is 2.35 bits per heavy atom. The minimum absolute atomic E-state index is 0.149. The molecule has 1 N–H and O–H groups in total. The quantitative estimate of drug-likeness (QED) is 0.541. The van der Waals surface area contributed by atoms with Gasteiger partial charge in [-0.25, -0.2) is 0 Å². The Bertz CT molecular complexity index is 1160. The van der Waals surface area contributed by atoms with Crippen molar-refractivity contribution in [1.29, 1.82) is 0 Å². The fraction of sp³-hybridized carbons (Fsp3) is 0.231. The van der Waals surface area contributed by atoms with Crippen LogP contribution in [0.2, 0.25) is 0 Å². The molecule has 1 aliphatic heterocycles. The van der Waals surface area contributed by atoms with Gasteiger partial charge in [0.2, 0.25) is 0 Å². The van der Waals surface area contributed by atoms with Crippen LogP contribution in [-0.4, -0.2) is 45.3 Å². The summed E-state index contributed by atoms with van der Waals surface area (Å²) in [5.41, 5.74) is 1.55. The third-order valence-corrected chi connectivity index (χ3v) is 5.37. The first kappa shape index (κ1) is 23.0. The van der Waals surface area contributed by atoms with Gasteiger partial charge in [0.1, 0.15) is 29.6 Å². The summed E-state index contributed by atoms with van der Waals surface area (Å²) in [6.45, 7) is 2.39. The van der Waals surface area contributed by atoms with Crippen LogP contribution in [0.1, 0.15) is 17.3 Å². The fourth-order valence-electron chi connectivity index (χ4n) is 3.63. The Morgan fingerprint density at radius 1 is 0.971 bits per heavy atom. The number of anilines is 2. The van der Waals surface area contributed by atoms with Crippen molar-refractivity contribution in [1.82, 2.24) is 0 Å². The highest BCUT2D eigenvalue weighted by Crippen LogP contribution is 2.36. The number of para-hydroxylation sites is 1. The average Bonchev–Trinajstić information content (AvgIpc) is 2.86. The number of methoxy groups -OCH3 is 2. The van der Waals surface area contributed by atoms with E-state index in [1.807, 2.05) is 30.3 Å². The van der Waals surface area contributed by atoms with Crippen molar-refractivity contribution in [2.24, 2.45) is 0 Å². The second-order valence-corrected chi connectivity index (χ2v) is 7.65. The number of amides is 2. The average molecular weight is 463 g/mol. The minimum Gasteiger partial charge on any atom is -0.497 e. The number of ether oxygens (including phenoxy) is 4. The number of carbonyl (C=O) groups is 2. The second-order valence-electron chi connectivity index (χ2n) is 7.65. The van der Waals surface area contributed by atoms with Crippen LogP contribution in [0.3, 0.4) is 0 Å². The van der Waals surface area contributed by atoms with Crippen molar-refractivity contribution in [3.63, 3.8) is 0 Å². The maximum Gasteiger partial charge on any atom is 0.267 e. The second kappa shape index (κ2) is 10.2. The SMILES string of the molecule is COc1cc(OC)cc(C(=O)Nc2ccc3c(c2)OC(C)C(=O)N3CCOc2ccccc2)c1. The number of benzene rings is 3. The lowest BCUT2D eigenvalue weighted by molar-refractivity contribution is -0.125. The molecule has 0 bridgehead atoms. The first-order chi connectivity index (χ1) is 16.5. The van der Waals surface area contributed by atoms with Crippen LogP contribution in [0.4, 0.5) is 11.4 Å². The third-order valence-electron chi connectivity index (χ3n) is 5.37. The van der Waals surface area contributed by atoms with E-state index >= 15 is 0 Å². The highest BCUT2D eigenvalue weighted by Gasteiger charge is 2.31. The van der Waals surface area contributed by atoms with Crippen LogP contribution in [0, 0.1) is 0 Å². The Morgan fingerprint density at radius 2 is 1.68 bits per heavy atom. The lowest BCUT2D eigenvalue weighted by Crippen LogP contribution is -2.46. The van der Waals surface area contributed by atoms with E-state index in [9.17, 15) is 9.59 Å². The van der Waals surface area contributed by atoms with Crippen LogP contribution in [0.25, 0.3) is 0 Å². The third kappa shape index (κ3) is 5.06. The van der Waals surface area contributed by atoms with Gasteiger partial charge < -0.3 is 29.2 Å². The van der Waals surface area contributed by atoms with E-state index in [4.69, 9.17) is 18.9 Å². The van der Waals surface area contributed by atoms with Gasteiger partial charge in [0, 0.05) is 23.4 Å². The Kier molecular flexibility index (Phi) is 6.87. The standard InChI is InChI=1S/C26H26N2O6/c1-17-26(30)28(11-12-33-20-7-5-4-6-8-20)23-10-9-19(15-24(23)34-17)27-25(29)18-13-21(31-2)16-22(14-18)32-3/h4-10,13-17H,11-12H2,1-3H3,(H,27,29). The monoisotopic (exact) mass is 462 g/mol. The first-order valence-electron chi connectivity index (χ1n) is 10.8. The van der Waals surface area contributed by atoms with E-state index in [-0.39, 0.29) is 11.8 Å². The molecule has 0 aliphatic carbocycles. The highest BCUT2D eigenvalue weighted by molar-refractivity contribution is 6.05. The van der Waals surface area contributed by atoms with Gasteiger partial charge in [-0.1, -0.05) is 18.2 Å². The van der Waals surface area contributed by atoms with E-state index in [1.165, 1.54) is 14.2 Å². The maximum absolute atomic E-state index is 12.8. The van der Waals surface area contributed by atoms with Gasteiger partial charge >= 0.3 is 0 Å². The number of hydrogen-bond donors (Lipinski definition) is 1. The molecule has 1 aliphatic rings. The molecular formula is C26H26N2O6.